The van der Waals surface area contributed by atoms with Crippen LogP contribution in [0.1, 0.15) is 0 Å². The van der Waals surface area contributed by atoms with Gasteiger partial charge in [-0.25, -0.2) is 0 Å². The average molecular weight is 351 g/mol. The number of benzene rings is 2. The van der Waals surface area contributed by atoms with Crippen LogP contribution in [0.15, 0.2) is 34.8 Å². The summed E-state index contributed by atoms with van der Waals surface area (Å²) in [6.45, 7) is 2.81. The number of rotatable bonds is 6. The third-order valence-electron chi connectivity index (χ3n) is 3.55. The van der Waals surface area contributed by atoms with Crippen LogP contribution in [-0.2, 0) is 9.47 Å². The van der Waals surface area contributed by atoms with E-state index >= 15 is 0 Å². The Labute approximate surface area is 131 Å². The molecular formula is C16H15BrO4. The fourth-order valence-electron chi connectivity index (χ4n) is 2.18. The Hall–Kier alpha value is -1.30. The van der Waals surface area contributed by atoms with Gasteiger partial charge in [-0.1, -0.05) is 6.07 Å². The predicted octanol–water partition coefficient (Wildman–Crippen LogP) is 3.16. The highest BCUT2D eigenvalue weighted by Gasteiger charge is 2.24. The third kappa shape index (κ3) is 3.15. The summed E-state index contributed by atoms with van der Waals surface area (Å²) in [7, 11) is 0. The molecule has 110 valence electrons. The molecule has 0 spiro atoms. The second-order valence-corrected chi connectivity index (χ2v) is 6.15. The van der Waals surface area contributed by atoms with Crippen LogP contribution in [0.2, 0.25) is 0 Å². The number of ether oxygens (including phenoxy) is 4. The number of epoxide rings is 2. The number of fused-ring (bicyclic) bond motifs is 1. The molecule has 21 heavy (non-hydrogen) atoms. The molecule has 2 aliphatic heterocycles. The molecule has 2 aromatic rings. The van der Waals surface area contributed by atoms with Crippen molar-refractivity contribution in [1.82, 2.24) is 0 Å². The molecule has 5 heteroatoms. The summed E-state index contributed by atoms with van der Waals surface area (Å²) in [4.78, 5) is 0. The molecule has 0 bridgehead atoms. The lowest BCUT2D eigenvalue weighted by atomic mass is 10.1. The van der Waals surface area contributed by atoms with Crippen LogP contribution in [0.25, 0.3) is 10.8 Å². The monoisotopic (exact) mass is 350 g/mol. The Morgan fingerprint density at radius 1 is 1.00 bits per heavy atom. The zero-order valence-electron chi connectivity index (χ0n) is 11.4. The Balaban J connectivity index is 1.59. The van der Waals surface area contributed by atoms with Crippen LogP contribution in [0.4, 0.5) is 0 Å². The molecule has 2 aromatic carbocycles. The van der Waals surface area contributed by atoms with Gasteiger partial charge in [0.15, 0.2) is 0 Å². The van der Waals surface area contributed by atoms with E-state index in [1.807, 2.05) is 24.3 Å². The zero-order chi connectivity index (χ0) is 14.2. The first-order valence-corrected chi connectivity index (χ1v) is 7.80. The van der Waals surface area contributed by atoms with Gasteiger partial charge in [-0.05, 0) is 45.6 Å². The third-order valence-corrected chi connectivity index (χ3v) is 4.17. The molecule has 0 aromatic heterocycles. The molecule has 0 aliphatic carbocycles. The first-order chi connectivity index (χ1) is 10.3. The van der Waals surface area contributed by atoms with E-state index in [0.29, 0.717) is 13.2 Å². The molecule has 2 saturated heterocycles. The summed E-state index contributed by atoms with van der Waals surface area (Å²) in [5.41, 5.74) is 0. The van der Waals surface area contributed by atoms with Crippen molar-refractivity contribution in [3.63, 3.8) is 0 Å². The molecule has 2 fully saturated rings. The van der Waals surface area contributed by atoms with Gasteiger partial charge in [0.05, 0.1) is 17.7 Å². The Morgan fingerprint density at radius 3 is 2.43 bits per heavy atom. The highest BCUT2D eigenvalue weighted by molar-refractivity contribution is 9.10. The second-order valence-electron chi connectivity index (χ2n) is 5.29. The minimum absolute atomic E-state index is 0.244. The van der Waals surface area contributed by atoms with E-state index in [2.05, 4.69) is 22.0 Å². The lowest BCUT2D eigenvalue weighted by molar-refractivity contribution is 0.262. The summed E-state index contributed by atoms with van der Waals surface area (Å²) in [5, 5.41) is 2.17. The fourth-order valence-corrected chi connectivity index (χ4v) is 2.64. The second kappa shape index (κ2) is 5.48. The molecule has 2 unspecified atom stereocenters. The number of halogens is 1. The molecule has 0 N–H and O–H groups in total. The zero-order valence-corrected chi connectivity index (χ0v) is 13.0. The topological polar surface area (TPSA) is 43.5 Å². The summed E-state index contributed by atoms with van der Waals surface area (Å²) < 4.78 is 22.9. The van der Waals surface area contributed by atoms with Crippen LogP contribution < -0.4 is 9.47 Å². The maximum atomic E-state index is 5.89. The van der Waals surface area contributed by atoms with Crippen molar-refractivity contribution in [3.05, 3.63) is 34.8 Å². The van der Waals surface area contributed by atoms with Crippen LogP contribution in [-0.4, -0.2) is 38.6 Å². The van der Waals surface area contributed by atoms with Gasteiger partial charge in [0, 0.05) is 5.39 Å². The van der Waals surface area contributed by atoms with Crippen LogP contribution >= 0.6 is 15.9 Å². The normalized spacial score (nSPS) is 23.1. The maximum absolute atomic E-state index is 5.89. The largest absolute Gasteiger partial charge is 0.491 e. The van der Waals surface area contributed by atoms with E-state index in [0.717, 1.165) is 40.0 Å². The average Bonchev–Trinajstić information content (AvgIpc) is 3.37. The standard InChI is InChI=1S/C16H15BrO4/c17-15-4-1-10-5-11(18-6-12-7-19-12)2-3-14(10)16(15)21-9-13-8-20-13/h1-5,12-13H,6-9H2. The quantitative estimate of drug-likeness (QED) is 0.750. The molecule has 0 amide bonds. The van der Waals surface area contributed by atoms with E-state index in [1.165, 1.54) is 0 Å². The highest BCUT2D eigenvalue weighted by Crippen LogP contribution is 2.36. The van der Waals surface area contributed by atoms with Crippen molar-refractivity contribution in [1.29, 1.82) is 0 Å². The van der Waals surface area contributed by atoms with E-state index in [-0.39, 0.29) is 12.2 Å². The molecule has 0 saturated carbocycles. The van der Waals surface area contributed by atoms with Gasteiger partial charge < -0.3 is 18.9 Å². The molecule has 2 aliphatic rings. The van der Waals surface area contributed by atoms with Crippen molar-refractivity contribution in [2.75, 3.05) is 26.4 Å². The van der Waals surface area contributed by atoms with Crippen molar-refractivity contribution in [2.24, 2.45) is 0 Å². The van der Waals surface area contributed by atoms with Gasteiger partial charge in [0.2, 0.25) is 0 Å². The number of hydrogen-bond donors (Lipinski definition) is 0. The highest BCUT2D eigenvalue weighted by atomic mass is 79.9. The van der Waals surface area contributed by atoms with Gasteiger partial charge >= 0.3 is 0 Å². The summed E-state index contributed by atoms with van der Waals surface area (Å²) in [6.07, 6.45) is 0.511. The first kappa shape index (κ1) is 13.4. The van der Waals surface area contributed by atoms with E-state index in [4.69, 9.17) is 18.9 Å². The fraction of sp³-hybridized carbons (Fsp3) is 0.375. The minimum atomic E-state index is 0.244. The summed E-state index contributed by atoms with van der Waals surface area (Å²) in [5.74, 6) is 1.72. The Kier molecular flexibility index (Phi) is 3.49. The van der Waals surface area contributed by atoms with Crippen LogP contribution in [0.3, 0.4) is 0 Å². The minimum Gasteiger partial charge on any atom is -0.491 e. The smallest absolute Gasteiger partial charge is 0.141 e. The maximum Gasteiger partial charge on any atom is 0.141 e. The molecule has 2 heterocycles. The summed E-state index contributed by atoms with van der Waals surface area (Å²) >= 11 is 3.55. The van der Waals surface area contributed by atoms with Crippen molar-refractivity contribution >= 4 is 26.7 Å². The van der Waals surface area contributed by atoms with Gasteiger partial charge in [-0.15, -0.1) is 0 Å². The van der Waals surface area contributed by atoms with E-state index in [9.17, 15) is 0 Å². The predicted molar refractivity (Wildman–Crippen MR) is 82.1 cm³/mol. The molecule has 2 atom stereocenters. The van der Waals surface area contributed by atoms with Crippen LogP contribution in [0.5, 0.6) is 11.5 Å². The van der Waals surface area contributed by atoms with Crippen molar-refractivity contribution in [3.8, 4) is 11.5 Å². The SMILES string of the molecule is Brc1ccc2cc(OCC3CO3)ccc2c1OCC1CO1. The molecule has 4 rings (SSSR count). The summed E-state index contributed by atoms with van der Waals surface area (Å²) in [6, 6.07) is 10.1. The van der Waals surface area contributed by atoms with E-state index in [1.54, 1.807) is 0 Å². The van der Waals surface area contributed by atoms with Gasteiger partial charge in [0.1, 0.15) is 36.9 Å². The van der Waals surface area contributed by atoms with Gasteiger partial charge in [0.25, 0.3) is 0 Å². The van der Waals surface area contributed by atoms with E-state index < -0.39 is 0 Å². The number of hydrogen-bond acceptors (Lipinski definition) is 4. The van der Waals surface area contributed by atoms with Gasteiger partial charge in [-0.2, -0.15) is 0 Å². The molecule has 4 nitrogen and oxygen atoms in total. The Morgan fingerprint density at radius 2 is 1.71 bits per heavy atom. The first-order valence-electron chi connectivity index (χ1n) is 7.01. The van der Waals surface area contributed by atoms with Gasteiger partial charge in [-0.3, -0.25) is 0 Å². The van der Waals surface area contributed by atoms with Crippen molar-refractivity contribution < 1.29 is 18.9 Å². The molecule has 0 radical (unpaired) electrons. The lowest BCUT2D eigenvalue weighted by Crippen LogP contribution is -2.05. The lowest BCUT2D eigenvalue weighted by Gasteiger charge is -2.12. The van der Waals surface area contributed by atoms with Crippen molar-refractivity contribution in [2.45, 2.75) is 12.2 Å². The van der Waals surface area contributed by atoms with Crippen LogP contribution in [0, 0.1) is 0 Å². The Bertz CT molecular complexity index is 665. The molecular weight excluding hydrogens is 336 g/mol.